The lowest BCUT2D eigenvalue weighted by molar-refractivity contribution is -0.129. The van der Waals surface area contributed by atoms with Gasteiger partial charge in [-0.15, -0.1) is 0 Å². The second-order valence-electron chi connectivity index (χ2n) is 6.36. The predicted octanol–water partition coefficient (Wildman–Crippen LogP) is 2.03. The van der Waals surface area contributed by atoms with Gasteiger partial charge in [0.1, 0.15) is 16.5 Å². The maximum absolute atomic E-state index is 13.7. The summed E-state index contributed by atoms with van der Waals surface area (Å²) >= 11 is 0. The number of nitrogens with zero attached hydrogens (tertiary/aromatic N) is 2. The fourth-order valence-electron chi connectivity index (χ4n) is 3.12. The molecule has 1 aromatic carbocycles. The molecule has 1 amide bonds. The zero-order valence-electron chi connectivity index (χ0n) is 15.1. The summed E-state index contributed by atoms with van der Waals surface area (Å²) in [6.07, 6.45) is 1.90. The van der Waals surface area contributed by atoms with Crippen molar-refractivity contribution in [1.82, 2.24) is 14.6 Å². The van der Waals surface area contributed by atoms with Crippen molar-refractivity contribution in [1.29, 1.82) is 0 Å². The van der Waals surface area contributed by atoms with Crippen LogP contribution in [0.25, 0.3) is 0 Å². The molecule has 0 radical (unpaired) electrons. The molecule has 7 nitrogen and oxygen atoms in total. The summed E-state index contributed by atoms with van der Waals surface area (Å²) in [5, 5.41) is 3.27. The first-order valence-electron chi connectivity index (χ1n) is 8.50. The third kappa shape index (κ3) is 4.25. The highest BCUT2D eigenvalue weighted by atomic mass is 32.2. The van der Waals surface area contributed by atoms with Crippen molar-refractivity contribution in [2.75, 3.05) is 18.9 Å². The van der Waals surface area contributed by atoms with Crippen LogP contribution in [0.5, 0.6) is 0 Å². The van der Waals surface area contributed by atoms with Crippen LogP contribution in [0.3, 0.4) is 0 Å². The van der Waals surface area contributed by atoms with E-state index in [-0.39, 0.29) is 22.7 Å². The van der Waals surface area contributed by atoms with Crippen molar-refractivity contribution in [3.8, 4) is 0 Å². The Kier molecular flexibility index (Phi) is 5.43. The Morgan fingerprint density at radius 3 is 2.70 bits per heavy atom. The van der Waals surface area contributed by atoms with Gasteiger partial charge in [-0.3, -0.25) is 4.79 Å². The summed E-state index contributed by atoms with van der Waals surface area (Å²) in [5.74, 6) is 0.0878. The van der Waals surface area contributed by atoms with Gasteiger partial charge in [0.05, 0.1) is 6.04 Å². The van der Waals surface area contributed by atoms with Gasteiger partial charge >= 0.3 is 0 Å². The second-order valence-corrected chi connectivity index (χ2v) is 8.24. The van der Waals surface area contributed by atoms with Gasteiger partial charge in [-0.2, -0.15) is 0 Å². The molecule has 1 unspecified atom stereocenters. The van der Waals surface area contributed by atoms with Crippen LogP contribution in [0.2, 0.25) is 0 Å². The number of carbonyl (C=O) groups is 1. The highest BCUT2D eigenvalue weighted by Crippen LogP contribution is 2.30. The van der Waals surface area contributed by atoms with Crippen molar-refractivity contribution in [2.24, 2.45) is 0 Å². The Morgan fingerprint density at radius 1 is 1.30 bits per heavy atom. The Hall–Kier alpha value is -2.52. The minimum absolute atomic E-state index is 0.0642. The molecule has 0 saturated carbocycles. The molecule has 1 aliphatic rings. The van der Waals surface area contributed by atoms with Crippen LogP contribution in [0.4, 0.5) is 10.2 Å². The first kappa shape index (κ1) is 19.2. The summed E-state index contributed by atoms with van der Waals surface area (Å²) in [6.45, 7) is 2.37. The number of sulfonamides is 1. The molecule has 144 valence electrons. The molecule has 2 aromatic rings. The number of pyridine rings is 1. The van der Waals surface area contributed by atoms with Crippen LogP contribution < -0.4 is 10.0 Å². The zero-order chi connectivity index (χ0) is 19.6. The molecule has 1 aliphatic heterocycles. The van der Waals surface area contributed by atoms with Crippen LogP contribution in [0, 0.1) is 5.82 Å². The van der Waals surface area contributed by atoms with E-state index in [0.29, 0.717) is 25.3 Å². The molecular formula is C18H21FN4O3S. The largest absolute Gasteiger partial charge is 0.363 e. The normalized spacial score (nSPS) is 17.1. The quantitative estimate of drug-likeness (QED) is 0.831. The molecule has 9 heteroatoms. The molecule has 2 heterocycles. The van der Waals surface area contributed by atoms with Gasteiger partial charge in [0.25, 0.3) is 0 Å². The highest BCUT2D eigenvalue weighted by molar-refractivity contribution is 7.89. The van der Waals surface area contributed by atoms with Gasteiger partial charge < -0.3 is 10.2 Å². The van der Waals surface area contributed by atoms with E-state index in [4.69, 9.17) is 0 Å². The smallest absolute Gasteiger partial charge is 0.241 e. The Morgan fingerprint density at radius 2 is 2.07 bits per heavy atom. The topological polar surface area (TPSA) is 91.4 Å². The molecule has 1 aromatic heterocycles. The van der Waals surface area contributed by atoms with Crippen molar-refractivity contribution < 1.29 is 17.6 Å². The summed E-state index contributed by atoms with van der Waals surface area (Å²) < 4.78 is 39.5. The van der Waals surface area contributed by atoms with Crippen molar-refractivity contribution >= 4 is 21.7 Å². The molecular weight excluding hydrogens is 371 g/mol. The Bertz CT molecular complexity index is 948. The minimum Gasteiger partial charge on any atom is -0.363 e. The molecule has 27 heavy (non-hydrogen) atoms. The monoisotopic (exact) mass is 392 g/mol. The molecule has 3 rings (SSSR count). The van der Waals surface area contributed by atoms with Crippen LogP contribution in [-0.4, -0.2) is 37.8 Å². The molecule has 0 aliphatic carbocycles. The fourth-order valence-corrected chi connectivity index (χ4v) is 3.79. The SMILES string of the molecule is CNS(=O)(=O)c1ccc(NC2CCN(C(C)=O)Cc3cc(F)ccc32)nc1. The van der Waals surface area contributed by atoms with E-state index in [2.05, 4.69) is 15.0 Å². The van der Waals surface area contributed by atoms with E-state index >= 15 is 0 Å². The van der Waals surface area contributed by atoms with E-state index in [0.717, 1.165) is 11.1 Å². The second kappa shape index (κ2) is 7.61. The van der Waals surface area contributed by atoms with Gasteiger partial charge in [0.2, 0.25) is 15.9 Å². The number of halogens is 1. The Labute approximate surface area is 157 Å². The average molecular weight is 392 g/mol. The first-order valence-corrected chi connectivity index (χ1v) is 9.98. The third-order valence-electron chi connectivity index (χ3n) is 4.61. The van der Waals surface area contributed by atoms with Gasteiger partial charge in [0, 0.05) is 26.2 Å². The highest BCUT2D eigenvalue weighted by Gasteiger charge is 2.24. The van der Waals surface area contributed by atoms with Gasteiger partial charge in [-0.1, -0.05) is 6.07 Å². The van der Waals surface area contributed by atoms with Crippen LogP contribution in [-0.2, 0) is 21.4 Å². The third-order valence-corrected chi connectivity index (χ3v) is 6.01. The van der Waals surface area contributed by atoms with Crippen molar-refractivity contribution in [2.45, 2.75) is 30.8 Å². The van der Waals surface area contributed by atoms with Gasteiger partial charge in [-0.25, -0.2) is 22.5 Å². The molecule has 0 fully saturated rings. The number of nitrogens with one attached hydrogen (secondary N) is 2. The van der Waals surface area contributed by atoms with Gasteiger partial charge in [0.15, 0.2) is 0 Å². The number of hydrogen-bond donors (Lipinski definition) is 2. The average Bonchev–Trinajstić information content (AvgIpc) is 2.81. The number of aromatic nitrogens is 1. The van der Waals surface area contributed by atoms with E-state index in [9.17, 15) is 17.6 Å². The predicted molar refractivity (Wildman–Crippen MR) is 99.0 cm³/mol. The molecule has 2 N–H and O–H groups in total. The van der Waals surface area contributed by atoms with E-state index in [1.165, 1.54) is 38.4 Å². The van der Waals surface area contributed by atoms with E-state index in [1.807, 2.05) is 0 Å². The molecule has 0 spiro atoms. The maximum Gasteiger partial charge on any atom is 0.241 e. The molecule has 0 bridgehead atoms. The maximum atomic E-state index is 13.7. The van der Waals surface area contributed by atoms with Gasteiger partial charge in [-0.05, 0) is 48.9 Å². The van der Waals surface area contributed by atoms with Crippen LogP contribution in [0.1, 0.15) is 30.5 Å². The standard InChI is InChI=1S/C18H21FN4O3S/c1-12(24)23-8-7-17(16-5-3-14(19)9-13(16)11-23)22-18-6-4-15(10-21-18)27(25,26)20-2/h3-6,9-10,17,20H,7-8,11H2,1-2H3,(H,21,22). The van der Waals surface area contributed by atoms with Crippen molar-refractivity contribution in [3.63, 3.8) is 0 Å². The fraction of sp³-hybridized carbons (Fsp3) is 0.333. The van der Waals surface area contributed by atoms with Crippen LogP contribution >= 0.6 is 0 Å². The summed E-state index contributed by atoms with van der Waals surface area (Å²) in [7, 11) is -2.21. The number of anilines is 1. The number of hydrogen-bond acceptors (Lipinski definition) is 5. The minimum atomic E-state index is -3.55. The Balaban J connectivity index is 1.87. The lowest BCUT2D eigenvalue weighted by atomic mass is 9.99. The molecule has 0 saturated heterocycles. The summed E-state index contributed by atoms with van der Waals surface area (Å²) in [6, 6.07) is 7.43. The number of fused-ring (bicyclic) bond motifs is 1. The summed E-state index contributed by atoms with van der Waals surface area (Å²) in [4.78, 5) is 17.7. The number of benzene rings is 1. The van der Waals surface area contributed by atoms with Crippen LogP contribution in [0.15, 0.2) is 41.4 Å². The lowest BCUT2D eigenvalue weighted by Gasteiger charge is -2.20. The molecule has 1 atom stereocenters. The van der Waals surface area contributed by atoms with E-state index in [1.54, 1.807) is 17.0 Å². The number of carbonyl (C=O) groups excluding carboxylic acids is 1. The van der Waals surface area contributed by atoms with Crippen molar-refractivity contribution in [3.05, 3.63) is 53.5 Å². The lowest BCUT2D eigenvalue weighted by Crippen LogP contribution is -2.28. The zero-order valence-corrected chi connectivity index (χ0v) is 15.9. The first-order chi connectivity index (χ1) is 12.8. The van der Waals surface area contributed by atoms with E-state index < -0.39 is 10.0 Å². The number of amides is 1. The summed E-state index contributed by atoms with van der Waals surface area (Å²) in [5.41, 5.74) is 1.64. The number of rotatable bonds is 4.